The van der Waals surface area contributed by atoms with Crippen LogP contribution in [-0.4, -0.2) is 45.9 Å². The summed E-state index contributed by atoms with van der Waals surface area (Å²) in [4.78, 5) is 2.62. The van der Waals surface area contributed by atoms with Crippen molar-refractivity contribution in [2.24, 2.45) is 5.92 Å². The Kier molecular flexibility index (Phi) is 3.16. The number of nitrogens with one attached hydrogen (secondary N) is 1. The zero-order valence-electron chi connectivity index (χ0n) is 11.5. The molecule has 0 bridgehead atoms. The Labute approximate surface area is 109 Å². The van der Waals surface area contributed by atoms with Crippen LogP contribution in [0, 0.1) is 5.92 Å². The van der Waals surface area contributed by atoms with Gasteiger partial charge in [0.2, 0.25) is 0 Å². The summed E-state index contributed by atoms with van der Waals surface area (Å²) in [6, 6.07) is 2.63. The van der Waals surface area contributed by atoms with Crippen molar-refractivity contribution in [1.82, 2.24) is 20.0 Å². The quantitative estimate of drug-likeness (QED) is 0.873. The van der Waals surface area contributed by atoms with Gasteiger partial charge in [-0.05, 0) is 38.7 Å². The zero-order chi connectivity index (χ0) is 12.6. The maximum absolute atomic E-state index is 4.28. The lowest BCUT2D eigenvalue weighted by Gasteiger charge is -2.45. The van der Waals surface area contributed by atoms with E-state index < -0.39 is 0 Å². The van der Waals surface area contributed by atoms with Gasteiger partial charge in [0.1, 0.15) is 0 Å². The highest BCUT2D eigenvalue weighted by atomic mass is 15.3. The maximum atomic E-state index is 4.28. The molecule has 4 heteroatoms. The lowest BCUT2D eigenvalue weighted by molar-refractivity contribution is 0.0793. The summed E-state index contributed by atoms with van der Waals surface area (Å²) in [6.45, 7) is 9.12. The normalized spacial score (nSPS) is 33.8. The number of hydrogen-bond donors (Lipinski definition) is 1. The minimum absolute atomic E-state index is 0.344. The van der Waals surface area contributed by atoms with Crippen molar-refractivity contribution in [2.75, 3.05) is 19.6 Å². The Balaban J connectivity index is 1.59. The molecule has 2 heterocycles. The van der Waals surface area contributed by atoms with E-state index in [4.69, 9.17) is 0 Å². The van der Waals surface area contributed by atoms with Crippen molar-refractivity contribution in [3.05, 3.63) is 18.5 Å². The Morgan fingerprint density at radius 1 is 1.39 bits per heavy atom. The molecule has 0 aromatic carbocycles. The molecular weight excluding hydrogens is 224 g/mol. The highest BCUT2D eigenvalue weighted by molar-refractivity contribution is 5.03. The third kappa shape index (κ3) is 2.45. The lowest BCUT2D eigenvalue weighted by Crippen LogP contribution is -2.63. The number of hydrogen-bond acceptors (Lipinski definition) is 3. The molecule has 1 saturated carbocycles. The molecule has 1 N–H and O–H groups in total. The molecular formula is C14H24N4. The van der Waals surface area contributed by atoms with Crippen LogP contribution in [0.4, 0.5) is 0 Å². The number of piperazine rings is 1. The van der Waals surface area contributed by atoms with E-state index >= 15 is 0 Å². The fourth-order valence-electron chi connectivity index (χ4n) is 3.10. The van der Waals surface area contributed by atoms with E-state index in [0.717, 1.165) is 25.6 Å². The predicted octanol–water partition coefficient (Wildman–Crippen LogP) is 1.35. The van der Waals surface area contributed by atoms with Gasteiger partial charge in [-0.2, -0.15) is 5.10 Å². The number of rotatable bonds is 4. The lowest BCUT2D eigenvalue weighted by atomic mass is 9.91. The van der Waals surface area contributed by atoms with E-state index in [1.165, 1.54) is 19.4 Å². The van der Waals surface area contributed by atoms with Crippen LogP contribution in [0.25, 0.3) is 0 Å². The molecule has 1 aromatic rings. The standard InChI is InChI=1S/C14H24N4/c1-12-10-15-14(2,13-4-5-13)11-17(12)8-9-18-7-3-6-16-18/h3,6-7,12-13,15H,4-5,8-11H2,1-2H3. The van der Waals surface area contributed by atoms with E-state index in [-0.39, 0.29) is 0 Å². The van der Waals surface area contributed by atoms with Gasteiger partial charge < -0.3 is 5.32 Å². The molecule has 0 amide bonds. The average molecular weight is 248 g/mol. The number of nitrogens with zero attached hydrogens (tertiary/aromatic N) is 3. The molecule has 18 heavy (non-hydrogen) atoms. The molecule has 1 aliphatic carbocycles. The van der Waals surface area contributed by atoms with E-state index in [9.17, 15) is 0 Å². The molecule has 1 saturated heterocycles. The minimum atomic E-state index is 0.344. The molecule has 4 nitrogen and oxygen atoms in total. The molecule has 100 valence electrons. The number of aromatic nitrogens is 2. The van der Waals surface area contributed by atoms with Gasteiger partial charge in [0.15, 0.2) is 0 Å². The average Bonchev–Trinajstić information content (AvgIpc) is 3.10. The topological polar surface area (TPSA) is 33.1 Å². The van der Waals surface area contributed by atoms with E-state index in [1.807, 2.05) is 23.1 Å². The summed E-state index contributed by atoms with van der Waals surface area (Å²) >= 11 is 0. The van der Waals surface area contributed by atoms with Crippen molar-refractivity contribution < 1.29 is 0 Å². The van der Waals surface area contributed by atoms with Crippen LogP contribution in [0.15, 0.2) is 18.5 Å². The van der Waals surface area contributed by atoms with Crippen LogP contribution in [0.5, 0.6) is 0 Å². The summed E-state index contributed by atoms with van der Waals surface area (Å²) in [5.41, 5.74) is 0.344. The summed E-state index contributed by atoms with van der Waals surface area (Å²) in [6.07, 6.45) is 6.72. The first kappa shape index (κ1) is 12.2. The summed E-state index contributed by atoms with van der Waals surface area (Å²) in [5.74, 6) is 0.900. The van der Waals surface area contributed by atoms with Gasteiger partial charge in [-0.25, -0.2) is 0 Å². The van der Waals surface area contributed by atoms with Gasteiger partial charge in [0.05, 0.1) is 6.54 Å². The SMILES string of the molecule is CC1CNC(C)(C2CC2)CN1CCn1cccn1. The molecule has 3 rings (SSSR count). The molecule has 2 fully saturated rings. The second kappa shape index (κ2) is 4.67. The highest BCUT2D eigenvalue weighted by Crippen LogP contribution is 2.41. The molecule has 0 spiro atoms. The van der Waals surface area contributed by atoms with Crippen LogP contribution in [0.1, 0.15) is 26.7 Å². The Morgan fingerprint density at radius 2 is 2.22 bits per heavy atom. The first-order valence-electron chi connectivity index (χ1n) is 7.14. The monoisotopic (exact) mass is 248 g/mol. The highest BCUT2D eigenvalue weighted by Gasteiger charge is 2.45. The first-order valence-corrected chi connectivity index (χ1v) is 7.14. The summed E-state index contributed by atoms with van der Waals surface area (Å²) in [5, 5.41) is 8.05. The predicted molar refractivity (Wildman–Crippen MR) is 72.4 cm³/mol. The smallest absolute Gasteiger partial charge is 0.0536 e. The van der Waals surface area contributed by atoms with E-state index in [1.54, 1.807) is 0 Å². The second-order valence-corrected chi connectivity index (χ2v) is 6.16. The molecule has 0 radical (unpaired) electrons. The molecule has 1 aromatic heterocycles. The fourth-order valence-corrected chi connectivity index (χ4v) is 3.10. The van der Waals surface area contributed by atoms with Crippen LogP contribution < -0.4 is 5.32 Å². The van der Waals surface area contributed by atoms with Crippen LogP contribution >= 0.6 is 0 Å². The zero-order valence-corrected chi connectivity index (χ0v) is 11.5. The Hall–Kier alpha value is -0.870. The largest absolute Gasteiger partial charge is 0.308 e. The summed E-state index contributed by atoms with van der Waals surface area (Å²) < 4.78 is 2.03. The van der Waals surface area contributed by atoms with Crippen molar-refractivity contribution >= 4 is 0 Å². The van der Waals surface area contributed by atoms with Crippen molar-refractivity contribution in [2.45, 2.75) is 44.8 Å². The van der Waals surface area contributed by atoms with Crippen LogP contribution in [0.2, 0.25) is 0 Å². The van der Waals surface area contributed by atoms with Gasteiger partial charge in [0, 0.05) is 43.6 Å². The molecule has 2 unspecified atom stereocenters. The Morgan fingerprint density at radius 3 is 2.89 bits per heavy atom. The van der Waals surface area contributed by atoms with Gasteiger partial charge in [-0.15, -0.1) is 0 Å². The third-order valence-electron chi connectivity index (χ3n) is 4.61. The summed E-state index contributed by atoms with van der Waals surface area (Å²) in [7, 11) is 0. The molecule has 2 aliphatic rings. The fraction of sp³-hybridized carbons (Fsp3) is 0.786. The van der Waals surface area contributed by atoms with Gasteiger partial charge >= 0.3 is 0 Å². The van der Waals surface area contributed by atoms with Crippen molar-refractivity contribution in [3.8, 4) is 0 Å². The molecule has 1 aliphatic heterocycles. The maximum Gasteiger partial charge on any atom is 0.0536 e. The van der Waals surface area contributed by atoms with Crippen LogP contribution in [-0.2, 0) is 6.54 Å². The van der Waals surface area contributed by atoms with Crippen LogP contribution in [0.3, 0.4) is 0 Å². The minimum Gasteiger partial charge on any atom is -0.308 e. The third-order valence-corrected chi connectivity index (χ3v) is 4.61. The Bertz CT molecular complexity index is 385. The van der Waals surface area contributed by atoms with Gasteiger partial charge in [-0.3, -0.25) is 9.58 Å². The van der Waals surface area contributed by atoms with Crippen molar-refractivity contribution in [1.29, 1.82) is 0 Å². The van der Waals surface area contributed by atoms with Gasteiger partial charge in [0.25, 0.3) is 0 Å². The van der Waals surface area contributed by atoms with Crippen molar-refractivity contribution in [3.63, 3.8) is 0 Å². The molecule has 2 atom stereocenters. The second-order valence-electron chi connectivity index (χ2n) is 6.16. The first-order chi connectivity index (χ1) is 8.67. The van der Waals surface area contributed by atoms with E-state index in [2.05, 4.69) is 29.2 Å². The van der Waals surface area contributed by atoms with E-state index in [0.29, 0.717) is 11.6 Å². The van der Waals surface area contributed by atoms with Gasteiger partial charge in [-0.1, -0.05) is 0 Å².